The van der Waals surface area contributed by atoms with E-state index >= 15 is 0 Å². The lowest BCUT2D eigenvalue weighted by atomic mass is 9.76. The molecule has 1 unspecified atom stereocenters. The molecular formula is C12H21NO5. The highest BCUT2D eigenvalue weighted by atomic mass is 16.4. The van der Waals surface area contributed by atoms with E-state index in [0.29, 0.717) is 0 Å². The second kappa shape index (κ2) is 5.24. The van der Waals surface area contributed by atoms with Crippen LogP contribution in [0.3, 0.4) is 0 Å². The number of carboxylic acid groups (broad SMARTS) is 1. The lowest BCUT2D eigenvalue weighted by Gasteiger charge is -2.30. The number of β-amino-alcohol motifs (C(OH)–C–C–N with tert-alkyl or cyclic N) is 2. The third-order valence-corrected chi connectivity index (χ3v) is 3.89. The van der Waals surface area contributed by atoms with Crippen LogP contribution in [-0.2, 0) is 9.59 Å². The number of carbonyl (C=O) groups excluding carboxylic acids is 1. The average molecular weight is 259 g/mol. The summed E-state index contributed by atoms with van der Waals surface area (Å²) in [5, 5.41) is 28.0. The maximum Gasteiger partial charge on any atom is 0.310 e. The molecule has 1 fully saturated rings. The van der Waals surface area contributed by atoms with Gasteiger partial charge >= 0.3 is 5.97 Å². The number of aliphatic hydroxyl groups is 2. The first-order valence-corrected chi connectivity index (χ1v) is 6.05. The van der Waals surface area contributed by atoms with Crippen LogP contribution in [0.25, 0.3) is 0 Å². The molecule has 0 aromatic carbocycles. The topological polar surface area (TPSA) is 98.1 Å². The molecule has 6 nitrogen and oxygen atoms in total. The smallest absolute Gasteiger partial charge is 0.310 e. The maximum absolute atomic E-state index is 12.0. The van der Waals surface area contributed by atoms with Crippen molar-refractivity contribution in [2.45, 2.75) is 39.4 Å². The lowest BCUT2D eigenvalue weighted by Crippen LogP contribution is -2.40. The SMILES string of the molecule is CC(C)C(C)(CC(=O)N1C[C@@H](O)[C@@H](O)C1)C(=O)O. The third kappa shape index (κ3) is 2.81. The van der Waals surface area contributed by atoms with E-state index in [1.54, 1.807) is 20.8 Å². The van der Waals surface area contributed by atoms with E-state index in [1.165, 1.54) is 4.90 Å². The first-order chi connectivity index (χ1) is 8.18. The zero-order valence-electron chi connectivity index (χ0n) is 11.0. The van der Waals surface area contributed by atoms with Crippen LogP contribution in [0.5, 0.6) is 0 Å². The van der Waals surface area contributed by atoms with Crippen LogP contribution < -0.4 is 0 Å². The van der Waals surface area contributed by atoms with Gasteiger partial charge in [0.15, 0.2) is 0 Å². The van der Waals surface area contributed by atoms with Gasteiger partial charge in [-0.25, -0.2) is 0 Å². The number of carboxylic acids is 1. The van der Waals surface area contributed by atoms with Crippen LogP contribution in [0.4, 0.5) is 0 Å². The van der Waals surface area contributed by atoms with Crippen molar-refractivity contribution in [3.63, 3.8) is 0 Å². The van der Waals surface area contributed by atoms with Crippen molar-refractivity contribution >= 4 is 11.9 Å². The number of rotatable bonds is 4. The Morgan fingerprint density at radius 1 is 1.28 bits per heavy atom. The van der Waals surface area contributed by atoms with E-state index in [1.807, 2.05) is 0 Å². The van der Waals surface area contributed by atoms with E-state index in [4.69, 9.17) is 0 Å². The highest BCUT2D eigenvalue weighted by molar-refractivity contribution is 5.85. The molecular weight excluding hydrogens is 238 g/mol. The molecule has 0 aromatic rings. The van der Waals surface area contributed by atoms with Crippen LogP contribution >= 0.6 is 0 Å². The molecule has 104 valence electrons. The van der Waals surface area contributed by atoms with Crippen molar-refractivity contribution in [3.05, 3.63) is 0 Å². The molecule has 3 N–H and O–H groups in total. The van der Waals surface area contributed by atoms with Crippen LogP contribution in [0.15, 0.2) is 0 Å². The fraction of sp³-hybridized carbons (Fsp3) is 0.833. The summed E-state index contributed by atoms with van der Waals surface area (Å²) >= 11 is 0. The van der Waals surface area contributed by atoms with E-state index in [9.17, 15) is 24.9 Å². The summed E-state index contributed by atoms with van der Waals surface area (Å²) in [7, 11) is 0. The number of hydrogen-bond donors (Lipinski definition) is 3. The van der Waals surface area contributed by atoms with Gasteiger partial charge in [-0.3, -0.25) is 9.59 Å². The van der Waals surface area contributed by atoms with Gasteiger partial charge in [0.25, 0.3) is 0 Å². The van der Waals surface area contributed by atoms with E-state index in [2.05, 4.69) is 0 Å². The average Bonchev–Trinajstić information content (AvgIpc) is 2.58. The lowest BCUT2D eigenvalue weighted by molar-refractivity contribution is -0.155. The van der Waals surface area contributed by atoms with Crippen molar-refractivity contribution in [2.24, 2.45) is 11.3 Å². The van der Waals surface area contributed by atoms with Gasteiger partial charge in [-0.1, -0.05) is 13.8 Å². The number of hydrogen-bond acceptors (Lipinski definition) is 4. The van der Waals surface area contributed by atoms with Crippen LogP contribution in [0.1, 0.15) is 27.2 Å². The minimum Gasteiger partial charge on any atom is -0.481 e. The molecule has 0 spiro atoms. The van der Waals surface area contributed by atoms with Gasteiger partial charge in [-0.05, 0) is 12.8 Å². The van der Waals surface area contributed by atoms with Crippen molar-refractivity contribution in [3.8, 4) is 0 Å². The number of amides is 1. The Labute approximate surface area is 106 Å². The first-order valence-electron chi connectivity index (χ1n) is 6.05. The molecule has 3 atom stereocenters. The van der Waals surface area contributed by atoms with Gasteiger partial charge in [-0.15, -0.1) is 0 Å². The molecule has 0 radical (unpaired) electrons. The highest BCUT2D eigenvalue weighted by Crippen LogP contribution is 2.32. The highest BCUT2D eigenvalue weighted by Gasteiger charge is 2.42. The molecule has 6 heteroatoms. The van der Waals surface area contributed by atoms with Gasteiger partial charge in [0, 0.05) is 19.5 Å². The molecule has 0 aliphatic carbocycles. The second-order valence-electron chi connectivity index (χ2n) is 5.49. The standard InChI is InChI=1S/C12H21NO5/c1-7(2)12(3,11(17)18)4-10(16)13-5-8(14)9(15)6-13/h7-9,14-15H,4-6H2,1-3H3,(H,17,18)/t8-,9+,12?. The number of carbonyl (C=O) groups is 2. The van der Waals surface area contributed by atoms with Gasteiger partial charge in [0.2, 0.25) is 5.91 Å². The van der Waals surface area contributed by atoms with Gasteiger partial charge in [0.1, 0.15) is 0 Å². The predicted octanol–water partition coefficient (Wildman–Crippen LogP) is -0.313. The van der Waals surface area contributed by atoms with Crippen LogP contribution in [0, 0.1) is 11.3 Å². The quantitative estimate of drug-likeness (QED) is 0.643. The van der Waals surface area contributed by atoms with Gasteiger partial charge in [-0.2, -0.15) is 0 Å². The van der Waals surface area contributed by atoms with Gasteiger partial charge < -0.3 is 20.2 Å². The van der Waals surface area contributed by atoms with E-state index in [-0.39, 0.29) is 31.3 Å². The number of aliphatic carboxylic acids is 1. The van der Waals surface area contributed by atoms with Crippen molar-refractivity contribution in [2.75, 3.05) is 13.1 Å². The molecule has 1 aliphatic rings. The third-order valence-electron chi connectivity index (χ3n) is 3.89. The minimum atomic E-state index is -1.13. The second-order valence-corrected chi connectivity index (χ2v) is 5.49. The summed E-state index contributed by atoms with van der Waals surface area (Å²) in [4.78, 5) is 24.6. The number of likely N-dealkylation sites (tertiary alicyclic amines) is 1. The summed E-state index contributed by atoms with van der Waals surface area (Å²) in [6, 6.07) is 0. The Bertz CT molecular complexity index is 333. The molecule has 1 rings (SSSR count). The predicted molar refractivity (Wildman–Crippen MR) is 63.8 cm³/mol. The van der Waals surface area contributed by atoms with E-state index in [0.717, 1.165) is 0 Å². The van der Waals surface area contributed by atoms with E-state index < -0.39 is 23.6 Å². The maximum atomic E-state index is 12.0. The Morgan fingerprint density at radius 2 is 1.72 bits per heavy atom. The Hall–Kier alpha value is -1.14. The normalized spacial score (nSPS) is 27.3. The molecule has 0 saturated carbocycles. The van der Waals surface area contributed by atoms with Gasteiger partial charge in [0.05, 0.1) is 17.6 Å². The molecule has 1 saturated heterocycles. The molecule has 1 amide bonds. The van der Waals surface area contributed by atoms with Crippen LogP contribution in [0.2, 0.25) is 0 Å². The Kier molecular flexibility index (Phi) is 4.34. The first kappa shape index (κ1) is 14.9. The summed E-state index contributed by atoms with van der Waals surface area (Å²) < 4.78 is 0. The summed E-state index contributed by atoms with van der Waals surface area (Å²) in [5.74, 6) is -1.54. The molecule has 18 heavy (non-hydrogen) atoms. The molecule has 0 aromatic heterocycles. The monoisotopic (exact) mass is 259 g/mol. The van der Waals surface area contributed by atoms with Crippen LogP contribution in [-0.4, -0.2) is 57.4 Å². The minimum absolute atomic E-state index is 0.0633. The van der Waals surface area contributed by atoms with Crippen molar-refractivity contribution < 1.29 is 24.9 Å². The summed E-state index contributed by atoms with van der Waals surface area (Å²) in [5.41, 5.74) is -1.13. The van der Waals surface area contributed by atoms with Crippen molar-refractivity contribution in [1.29, 1.82) is 0 Å². The fourth-order valence-corrected chi connectivity index (χ4v) is 1.93. The summed E-state index contributed by atoms with van der Waals surface area (Å²) in [6.45, 7) is 5.19. The molecule has 1 heterocycles. The number of aliphatic hydroxyl groups excluding tert-OH is 2. The van der Waals surface area contributed by atoms with Crippen molar-refractivity contribution in [1.82, 2.24) is 4.90 Å². The Morgan fingerprint density at radius 3 is 2.06 bits per heavy atom. The zero-order valence-corrected chi connectivity index (χ0v) is 11.0. The Balaban J connectivity index is 2.72. The molecule has 1 aliphatic heterocycles. The number of nitrogens with zero attached hydrogens (tertiary/aromatic N) is 1. The summed E-state index contributed by atoms with van der Waals surface area (Å²) in [6.07, 6.45) is -2.01. The molecule has 0 bridgehead atoms. The zero-order chi connectivity index (χ0) is 14.1. The fourth-order valence-electron chi connectivity index (χ4n) is 1.93. The largest absolute Gasteiger partial charge is 0.481 e.